The summed E-state index contributed by atoms with van der Waals surface area (Å²) in [6.45, 7) is 2.48. The van der Waals surface area contributed by atoms with Crippen LogP contribution in [0.2, 0.25) is 0 Å². The Labute approximate surface area is 193 Å². The average Bonchev–Trinajstić information content (AvgIpc) is 3.35. The number of rotatable bonds is 7. The summed E-state index contributed by atoms with van der Waals surface area (Å²) in [5, 5.41) is 0. The van der Waals surface area contributed by atoms with Gasteiger partial charge < -0.3 is 9.80 Å². The molecular formula is C25H26FN3O3S. The number of nitrogens with zero attached hydrogens (tertiary/aromatic N) is 2. The van der Waals surface area contributed by atoms with Gasteiger partial charge in [0, 0.05) is 37.9 Å². The second kappa shape index (κ2) is 9.62. The molecule has 0 atom stereocenters. The van der Waals surface area contributed by atoms with E-state index in [9.17, 15) is 17.6 Å². The average molecular weight is 468 g/mol. The smallest absolute Gasteiger partial charge is 0.261 e. The zero-order valence-electron chi connectivity index (χ0n) is 18.4. The van der Waals surface area contributed by atoms with Gasteiger partial charge in [0.05, 0.1) is 10.6 Å². The number of nitrogens with one attached hydrogen (secondary N) is 1. The fourth-order valence-electron chi connectivity index (χ4n) is 3.98. The van der Waals surface area contributed by atoms with Crippen molar-refractivity contribution in [3.8, 4) is 0 Å². The van der Waals surface area contributed by atoms with E-state index in [0.29, 0.717) is 12.1 Å². The summed E-state index contributed by atoms with van der Waals surface area (Å²) in [6, 6.07) is 19.3. The second-order valence-corrected chi connectivity index (χ2v) is 9.78. The minimum absolute atomic E-state index is 0.0515. The number of halogens is 1. The van der Waals surface area contributed by atoms with Gasteiger partial charge in [-0.1, -0.05) is 30.3 Å². The van der Waals surface area contributed by atoms with E-state index in [4.69, 9.17) is 0 Å². The number of para-hydroxylation sites is 2. The maximum absolute atomic E-state index is 13.8. The molecule has 0 bridgehead atoms. The normalized spacial score (nSPS) is 13.7. The molecule has 3 aromatic carbocycles. The lowest BCUT2D eigenvalue weighted by molar-refractivity contribution is 0.0785. The monoisotopic (exact) mass is 467 g/mol. The lowest BCUT2D eigenvalue weighted by atomic mass is 10.1. The molecule has 8 heteroatoms. The van der Waals surface area contributed by atoms with Crippen LogP contribution in [0, 0.1) is 5.82 Å². The number of hydrogen-bond donors (Lipinski definition) is 1. The first-order chi connectivity index (χ1) is 15.8. The van der Waals surface area contributed by atoms with Gasteiger partial charge in [-0.15, -0.1) is 0 Å². The van der Waals surface area contributed by atoms with Crippen molar-refractivity contribution in [3.63, 3.8) is 0 Å². The summed E-state index contributed by atoms with van der Waals surface area (Å²) in [4.78, 5) is 16.9. The van der Waals surface area contributed by atoms with Crippen molar-refractivity contribution in [1.82, 2.24) is 4.90 Å². The standard InChI is InChI=1S/C25H26FN3O3S/c1-28(18-20-8-2-5-11-24(20)29-16-6-7-17-29)25(30)19-12-14-21(15-13-19)33(31,32)27-23-10-4-3-9-22(23)26/h2-5,8-15,27H,6-7,16-18H2,1H3. The molecule has 1 fully saturated rings. The van der Waals surface area contributed by atoms with Crippen LogP contribution >= 0.6 is 0 Å². The largest absolute Gasteiger partial charge is 0.371 e. The van der Waals surface area contributed by atoms with Gasteiger partial charge in [0.15, 0.2) is 0 Å². The summed E-state index contributed by atoms with van der Waals surface area (Å²) < 4.78 is 41.2. The quantitative estimate of drug-likeness (QED) is 0.556. The molecule has 0 aliphatic carbocycles. The van der Waals surface area contributed by atoms with Gasteiger partial charge in [-0.25, -0.2) is 12.8 Å². The molecule has 1 aliphatic rings. The first kappa shape index (κ1) is 22.8. The van der Waals surface area contributed by atoms with Gasteiger partial charge in [0.2, 0.25) is 0 Å². The lowest BCUT2D eigenvalue weighted by Crippen LogP contribution is -2.28. The van der Waals surface area contributed by atoms with Crippen LogP contribution in [0.3, 0.4) is 0 Å². The van der Waals surface area contributed by atoms with E-state index in [1.165, 1.54) is 55.3 Å². The van der Waals surface area contributed by atoms with Crippen LogP contribution < -0.4 is 9.62 Å². The molecule has 3 aromatic rings. The minimum Gasteiger partial charge on any atom is -0.371 e. The van der Waals surface area contributed by atoms with Crippen molar-refractivity contribution in [2.75, 3.05) is 29.8 Å². The zero-order valence-corrected chi connectivity index (χ0v) is 19.2. The fourth-order valence-corrected chi connectivity index (χ4v) is 5.05. The van der Waals surface area contributed by atoms with E-state index >= 15 is 0 Å². The van der Waals surface area contributed by atoms with E-state index in [2.05, 4.69) is 15.7 Å². The van der Waals surface area contributed by atoms with Crippen molar-refractivity contribution in [2.24, 2.45) is 0 Å². The Balaban J connectivity index is 1.47. The molecule has 1 amide bonds. The minimum atomic E-state index is -3.98. The van der Waals surface area contributed by atoms with Crippen LogP contribution in [-0.4, -0.2) is 39.4 Å². The fraction of sp³-hybridized carbons (Fsp3) is 0.240. The molecule has 1 heterocycles. The van der Waals surface area contributed by atoms with Gasteiger partial charge in [0.25, 0.3) is 15.9 Å². The van der Waals surface area contributed by atoms with Gasteiger partial charge in [-0.2, -0.15) is 0 Å². The van der Waals surface area contributed by atoms with Crippen LogP contribution in [0.1, 0.15) is 28.8 Å². The van der Waals surface area contributed by atoms with Crippen molar-refractivity contribution in [2.45, 2.75) is 24.3 Å². The summed E-state index contributed by atoms with van der Waals surface area (Å²) in [6.07, 6.45) is 2.34. The molecule has 0 unspecified atom stereocenters. The predicted octanol–water partition coefficient (Wildman–Crippen LogP) is 4.50. The second-order valence-electron chi connectivity index (χ2n) is 8.09. The Morgan fingerprint density at radius 3 is 2.30 bits per heavy atom. The SMILES string of the molecule is CN(Cc1ccccc1N1CCCC1)C(=O)c1ccc(S(=O)(=O)Nc2ccccc2F)cc1. The molecule has 1 aliphatic heterocycles. The lowest BCUT2D eigenvalue weighted by Gasteiger charge is -2.24. The topological polar surface area (TPSA) is 69.7 Å². The molecule has 6 nitrogen and oxygen atoms in total. The number of amides is 1. The Hall–Kier alpha value is -3.39. The van der Waals surface area contributed by atoms with Gasteiger partial charge in [-0.3, -0.25) is 9.52 Å². The van der Waals surface area contributed by atoms with E-state index in [1.54, 1.807) is 18.0 Å². The third-order valence-electron chi connectivity index (χ3n) is 5.72. The molecule has 0 spiro atoms. The molecule has 4 rings (SSSR count). The highest BCUT2D eigenvalue weighted by Gasteiger charge is 2.20. The summed E-state index contributed by atoms with van der Waals surface area (Å²) in [7, 11) is -2.25. The molecule has 1 N–H and O–H groups in total. The van der Waals surface area contributed by atoms with Crippen LogP contribution in [0.25, 0.3) is 0 Å². The van der Waals surface area contributed by atoms with E-state index in [-0.39, 0.29) is 16.5 Å². The zero-order chi connectivity index (χ0) is 23.4. The Morgan fingerprint density at radius 1 is 0.970 bits per heavy atom. The molecule has 1 saturated heterocycles. The van der Waals surface area contributed by atoms with E-state index in [0.717, 1.165) is 24.3 Å². The van der Waals surface area contributed by atoms with Crippen molar-refractivity contribution >= 4 is 27.3 Å². The third-order valence-corrected chi connectivity index (χ3v) is 7.10. The van der Waals surface area contributed by atoms with E-state index in [1.807, 2.05) is 18.2 Å². The van der Waals surface area contributed by atoms with Crippen LogP contribution in [0.15, 0.2) is 77.7 Å². The van der Waals surface area contributed by atoms with Gasteiger partial charge in [0.1, 0.15) is 5.82 Å². The highest BCUT2D eigenvalue weighted by Crippen LogP contribution is 2.26. The Bertz CT molecular complexity index is 1240. The van der Waals surface area contributed by atoms with Crippen LogP contribution in [0.4, 0.5) is 15.8 Å². The van der Waals surface area contributed by atoms with Gasteiger partial charge in [-0.05, 0) is 60.9 Å². The summed E-state index contributed by atoms with van der Waals surface area (Å²) >= 11 is 0. The first-order valence-corrected chi connectivity index (χ1v) is 12.3. The number of benzene rings is 3. The van der Waals surface area contributed by atoms with Crippen molar-refractivity contribution in [3.05, 3.63) is 89.7 Å². The third kappa shape index (κ3) is 5.17. The molecule has 172 valence electrons. The highest BCUT2D eigenvalue weighted by atomic mass is 32.2. The predicted molar refractivity (Wildman–Crippen MR) is 127 cm³/mol. The Kier molecular flexibility index (Phi) is 6.65. The molecule has 33 heavy (non-hydrogen) atoms. The summed E-state index contributed by atoms with van der Waals surface area (Å²) in [5.74, 6) is -0.874. The molecule has 0 radical (unpaired) electrons. The van der Waals surface area contributed by atoms with Gasteiger partial charge >= 0.3 is 0 Å². The van der Waals surface area contributed by atoms with Crippen LogP contribution in [0.5, 0.6) is 0 Å². The number of carbonyl (C=O) groups is 1. The maximum atomic E-state index is 13.8. The Morgan fingerprint density at radius 2 is 1.61 bits per heavy atom. The number of sulfonamides is 1. The van der Waals surface area contributed by atoms with Crippen LogP contribution in [-0.2, 0) is 16.6 Å². The molecule has 0 aromatic heterocycles. The molecular weight excluding hydrogens is 441 g/mol. The number of carbonyl (C=O) groups excluding carboxylic acids is 1. The first-order valence-electron chi connectivity index (χ1n) is 10.8. The van der Waals surface area contributed by atoms with E-state index < -0.39 is 15.8 Å². The maximum Gasteiger partial charge on any atom is 0.261 e. The van der Waals surface area contributed by atoms with Crippen molar-refractivity contribution in [1.29, 1.82) is 0 Å². The van der Waals surface area contributed by atoms with Crippen molar-refractivity contribution < 1.29 is 17.6 Å². The molecule has 0 saturated carbocycles. The number of anilines is 2. The highest BCUT2D eigenvalue weighted by molar-refractivity contribution is 7.92. The summed E-state index contributed by atoms with van der Waals surface area (Å²) in [5.41, 5.74) is 2.47. The number of hydrogen-bond acceptors (Lipinski definition) is 4.